The summed E-state index contributed by atoms with van der Waals surface area (Å²) in [5.74, 6) is 0. The molecular weight excluding hydrogens is 383 g/mol. The predicted octanol–water partition coefficient (Wildman–Crippen LogP) is -3.44. The van der Waals surface area contributed by atoms with Crippen molar-refractivity contribution < 1.29 is 68.5 Å². The van der Waals surface area contributed by atoms with Crippen molar-refractivity contribution in [3.8, 4) is 0 Å². The van der Waals surface area contributed by atoms with Crippen LogP contribution >= 0.6 is 0 Å². The quantitative estimate of drug-likeness (QED) is 0.383. The first-order valence-corrected chi connectivity index (χ1v) is 9.49. The zero-order valence-corrected chi connectivity index (χ0v) is 15.7. The summed E-state index contributed by atoms with van der Waals surface area (Å²) in [6, 6.07) is 3.68. The average molecular weight is 388 g/mol. The average Bonchev–Trinajstić information content (AvgIpc) is 2.33. The molecule has 0 amide bonds. The molecule has 9 nitrogen and oxygen atoms in total. The Bertz CT molecular complexity index is 1090. The Kier molecular flexibility index (Phi) is 5.68. The molecule has 0 N–H and O–H groups in total. The first kappa shape index (κ1) is 20.5. The third-order valence-electron chi connectivity index (χ3n) is 2.72. The summed E-state index contributed by atoms with van der Waals surface area (Å²) in [7, 11) is -15.5. The Labute approximate surface area is 153 Å². The van der Waals surface area contributed by atoms with Crippen molar-refractivity contribution in [1.29, 1.82) is 0 Å². The second kappa shape index (κ2) is 6.38. The van der Waals surface area contributed by atoms with E-state index in [1.807, 2.05) is 0 Å². The van der Waals surface area contributed by atoms with Crippen LogP contribution in [0.5, 0.6) is 0 Å². The minimum atomic E-state index is -5.22. The molecule has 120 valence electrons. The summed E-state index contributed by atoms with van der Waals surface area (Å²) in [6.07, 6.45) is 0. The molecule has 2 aromatic carbocycles. The van der Waals surface area contributed by atoms with Gasteiger partial charge in [-0.15, -0.1) is 0 Å². The number of fused-ring (bicyclic) bond motifs is 1. The molecule has 0 saturated heterocycles. The van der Waals surface area contributed by atoms with Crippen LogP contribution in [0.2, 0.25) is 0 Å². The Hall–Kier alpha value is -0.570. The van der Waals surface area contributed by atoms with Crippen LogP contribution in [0.4, 0.5) is 0 Å². The summed E-state index contributed by atoms with van der Waals surface area (Å²) in [5.41, 5.74) is 0. The Morgan fingerprint density at radius 1 is 0.652 bits per heavy atom. The fourth-order valence-electron chi connectivity index (χ4n) is 1.87. The first-order valence-electron chi connectivity index (χ1n) is 5.26. The molecule has 0 bridgehead atoms. The van der Waals surface area contributed by atoms with Gasteiger partial charge in [0.1, 0.15) is 30.4 Å². The summed E-state index contributed by atoms with van der Waals surface area (Å²) < 4.78 is 100. The summed E-state index contributed by atoms with van der Waals surface area (Å²) >= 11 is 0. The molecule has 0 radical (unpaired) electrons. The molecule has 2 rings (SSSR count). The SMILES string of the molecule is O=S(=O)([O-])c1cc(S(=O)(=O)[O-])c2cccc(S(=O)(=O)[O-])c2c1.[Na+]. The molecule has 23 heavy (non-hydrogen) atoms. The zero-order chi connectivity index (χ0) is 16.9. The topological polar surface area (TPSA) is 172 Å². The zero-order valence-electron chi connectivity index (χ0n) is 11.3. The Morgan fingerprint density at radius 3 is 1.61 bits per heavy atom. The molecule has 0 atom stereocenters. The molecule has 0 aliphatic heterocycles. The van der Waals surface area contributed by atoms with Gasteiger partial charge in [-0.05, 0) is 18.2 Å². The number of rotatable bonds is 3. The van der Waals surface area contributed by atoms with Crippen LogP contribution in [0.1, 0.15) is 0 Å². The van der Waals surface area contributed by atoms with E-state index in [9.17, 15) is 38.9 Å². The van der Waals surface area contributed by atoms with Crippen LogP contribution in [-0.4, -0.2) is 38.9 Å². The number of hydrogen-bond donors (Lipinski definition) is 0. The van der Waals surface area contributed by atoms with Crippen LogP contribution in [0.25, 0.3) is 10.8 Å². The monoisotopic (exact) mass is 388 g/mol. The van der Waals surface area contributed by atoms with E-state index in [2.05, 4.69) is 0 Å². The van der Waals surface area contributed by atoms with E-state index in [1.165, 1.54) is 0 Å². The van der Waals surface area contributed by atoms with E-state index < -0.39 is 55.8 Å². The molecule has 0 aliphatic carbocycles. The maximum atomic E-state index is 11.2. The normalized spacial score (nSPS) is 12.8. The molecule has 0 heterocycles. The maximum Gasteiger partial charge on any atom is 1.00 e. The van der Waals surface area contributed by atoms with E-state index in [0.29, 0.717) is 12.1 Å². The Balaban J connectivity index is 0.00000264. The van der Waals surface area contributed by atoms with Crippen molar-refractivity contribution >= 4 is 41.1 Å². The second-order valence-corrected chi connectivity index (χ2v) is 8.21. The van der Waals surface area contributed by atoms with Crippen LogP contribution in [-0.2, 0) is 30.4 Å². The molecule has 0 spiro atoms. The van der Waals surface area contributed by atoms with E-state index in [1.54, 1.807) is 0 Å². The van der Waals surface area contributed by atoms with E-state index >= 15 is 0 Å². The minimum absolute atomic E-state index is 0. The molecule has 0 fully saturated rings. The Morgan fingerprint density at radius 2 is 1.17 bits per heavy atom. The molecule has 13 heteroatoms. The molecule has 0 unspecified atom stereocenters. The van der Waals surface area contributed by atoms with E-state index in [0.717, 1.165) is 18.2 Å². The first-order chi connectivity index (χ1) is 9.82. The smallest absolute Gasteiger partial charge is 0.744 e. The molecule has 0 aliphatic rings. The van der Waals surface area contributed by atoms with Crippen LogP contribution in [0.15, 0.2) is 45.0 Å². The third-order valence-corrected chi connectivity index (χ3v) is 5.30. The summed E-state index contributed by atoms with van der Waals surface area (Å²) in [4.78, 5) is -3.18. The van der Waals surface area contributed by atoms with Gasteiger partial charge < -0.3 is 13.7 Å². The van der Waals surface area contributed by atoms with Gasteiger partial charge in [0.2, 0.25) is 0 Å². The van der Waals surface area contributed by atoms with Crippen molar-refractivity contribution in [3.63, 3.8) is 0 Å². The van der Waals surface area contributed by atoms with Crippen molar-refractivity contribution in [1.82, 2.24) is 0 Å². The predicted molar refractivity (Wildman–Crippen MR) is 67.8 cm³/mol. The van der Waals surface area contributed by atoms with Gasteiger partial charge in [-0.2, -0.15) is 0 Å². The van der Waals surface area contributed by atoms with Gasteiger partial charge in [0.05, 0.1) is 14.7 Å². The molecule has 2 aromatic rings. The van der Waals surface area contributed by atoms with Crippen molar-refractivity contribution in [2.24, 2.45) is 0 Å². The van der Waals surface area contributed by atoms with Crippen LogP contribution in [0.3, 0.4) is 0 Å². The van der Waals surface area contributed by atoms with Gasteiger partial charge in [-0.3, -0.25) is 0 Å². The van der Waals surface area contributed by atoms with Gasteiger partial charge in [0.25, 0.3) is 0 Å². The van der Waals surface area contributed by atoms with Crippen molar-refractivity contribution in [2.45, 2.75) is 14.7 Å². The maximum absolute atomic E-state index is 11.2. The third kappa shape index (κ3) is 4.29. The van der Waals surface area contributed by atoms with E-state index in [-0.39, 0.29) is 29.6 Å². The molecular formula is C10H5NaO9S3-2. The van der Waals surface area contributed by atoms with Crippen molar-refractivity contribution in [2.75, 3.05) is 0 Å². The largest absolute Gasteiger partial charge is 1.00 e. The summed E-state index contributed by atoms with van der Waals surface area (Å²) in [5, 5.41) is -1.11. The summed E-state index contributed by atoms with van der Waals surface area (Å²) in [6.45, 7) is 0. The van der Waals surface area contributed by atoms with Crippen LogP contribution in [0, 0.1) is 0 Å². The minimum Gasteiger partial charge on any atom is -0.744 e. The fraction of sp³-hybridized carbons (Fsp3) is 0. The second-order valence-electron chi connectivity index (χ2n) is 4.14. The molecule has 0 aromatic heterocycles. The molecule has 0 saturated carbocycles. The number of hydrogen-bond acceptors (Lipinski definition) is 9. The van der Waals surface area contributed by atoms with Gasteiger partial charge in [0, 0.05) is 10.8 Å². The number of benzene rings is 2. The van der Waals surface area contributed by atoms with Gasteiger partial charge in [-0.25, -0.2) is 25.3 Å². The van der Waals surface area contributed by atoms with Crippen LogP contribution < -0.4 is 29.6 Å². The van der Waals surface area contributed by atoms with Crippen molar-refractivity contribution in [3.05, 3.63) is 30.3 Å². The van der Waals surface area contributed by atoms with E-state index in [4.69, 9.17) is 0 Å². The van der Waals surface area contributed by atoms with Gasteiger partial charge in [-0.1, -0.05) is 12.1 Å². The van der Waals surface area contributed by atoms with Gasteiger partial charge >= 0.3 is 29.6 Å². The fourth-order valence-corrected chi connectivity index (χ4v) is 3.87. The van der Waals surface area contributed by atoms with Gasteiger partial charge in [0.15, 0.2) is 0 Å². The standard InChI is InChI=1S/C10H8O9S3.Na/c11-20(12,13)6-4-8-7(10(5-6)22(17,18)19)2-1-3-9(8)21(14,15)16;/h1-5H,(H,11,12,13)(H,14,15,16)(H,17,18,19);/q;+1/p-3.